The first-order valence-electron chi connectivity index (χ1n) is 8.15. The molecule has 1 aliphatic rings. The maximum absolute atomic E-state index is 14.6. The second-order valence-corrected chi connectivity index (χ2v) is 6.08. The summed E-state index contributed by atoms with van der Waals surface area (Å²) in [6.45, 7) is 5.59. The summed E-state index contributed by atoms with van der Waals surface area (Å²) in [5.74, 6) is -0.681. The molecule has 2 heterocycles. The molecule has 0 atom stereocenters. The normalized spacial score (nSPS) is 15.2. The molecular formula is C18H21FN2O2. The summed E-state index contributed by atoms with van der Waals surface area (Å²) < 4.78 is 16.4. The van der Waals surface area contributed by atoms with E-state index in [4.69, 9.17) is 0 Å². The molecule has 1 aliphatic heterocycles. The third-order valence-electron chi connectivity index (χ3n) is 4.57. The smallest absolute Gasteiger partial charge is 0.200 e. The summed E-state index contributed by atoms with van der Waals surface area (Å²) in [5, 5.41) is 0.276. The minimum absolute atomic E-state index is 0.115. The van der Waals surface area contributed by atoms with Crippen LogP contribution in [0.5, 0.6) is 0 Å². The number of Topliss-reactive ketones (excluding diaryl/α,β-unsaturated/α-hetero) is 1. The number of aryl methyl sites for hydroxylation is 1. The van der Waals surface area contributed by atoms with Crippen LogP contribution in [0.3, 0.4) is 0 Å². The van der Waals surface area contributed by atoms with E-state index in [-0.39, 0.29) is 28.0 Å². The van der Waals surface area contributed by atoms with Gasteiger partial charge in [0.25, 0.3) is 0 Å². The van der Waals surface area contributed by atoms with Crippen LogP contribution in [0.15, 0.2) is 23.1 Å². The Kier molecular flexibility index (Phi) is 4.20. The quantitative estimate of drug-likeness (QED) is 0.816. The van der Waals surface area contributed by atoms with Crippen molar-refractivity contribution in [3.8, 4) is 0 Å². The fourth-order valence-electron chi connectivity index (χ4n) is 3.29. The van der Waals surface area contributed by atoms with Crippen molar-refractivity contribution in [2.45, 2.75) is 39.7 Å². The predicted molar refractivity (Wildman–Crippen MR) is 89.9 cm³/mol. The number of hydrogen-bond donors (Lipinski definition) is 0. The van der Waals surface area contributed by atoms with Crippen molar-refractivity contribution >= 4 is 22.4 Å². The Bertz CT molecular complexity index is 820. The molecule has 0 radical (unpaired) electrons. The Balaban J connectivity index is 2.24. The number of halogens is 1. The standard InChI is InChI=1S/C18H21FN2O2/c1-3-20-11-14(12(2)22)18(23)13-9-15(19)17(10-16(13)20)21-7-5-4-6-8-21/h9-11H,3-8H2,1-2H3. The Hall–Kier alpha value is -2.17. The topological polar surface area (TPSA) is 42.3 Å². The van der Waals surface area contributed by atoms with Gasteiger partial charge < -0.3 is 9.47 Å². The van der Waals surface area contributed by atoms with Crippen LogP contribution in [-0.2, 0) is 6.54 Å². The Morgan fingerprint density at radius 2 is 1.91 bits per heavy atom. The average molecular weight is 316 g/mol. The first-order chi connectivity index (χ1) is 11.0. The summed E-state index contributed by atoms with van der Waals surface area (Å²) in [5.41, 5.74) is 0.963. The van der Waals surface area contributed by atoms with E-state index in [1.807, 2.05) is 16.4 Å². The predicted octanol–water partition coefficient (Wildman–Crippen LogP) is 3.35. The summed E-state index contributed by atoms with van der Waals surface area (Å²) in [7, 11) is 0. The molecule has 1 fully saturated rings. The molecule has 1 saturated heterocycles. The SMILES string of the molecule is CCn1cc(C(C)=O)c(=O)c2cc(F)c(N3CCCCC3)cc21. The van der Waals surface area contributed by atoms with Crippen LogP contribution in [0.1, 0.15) is 43.5 Å². The van der Waals surface area contributed by atoms with E-state index in [1.54, 1.807) is 12.3 Å². The van der Waals surface area contributed by atoms with Crippen molar-refractivity contribution in [3.05, 3.63) is 39.9 Å². The lowest BCUT2D eigenvalue weighted by Crippen LogP contribution is -2.30. The molecule has 0 N–H and O–H groups in total. The minimum Gasteiger partial charge on any atom is -0.369 e. The second kappa shape index (κ2) is 6.14. The van der Waals surface area contributed by atoms with Gasteiger partial charge in [0.05, 0.1) is 16.8 Å². The maximum Gasteiger partial charge on any atom is 0.200 e. The largest absolute Gasteiger partial charge is 0.369 e. The first-order valence-corrected chi connectivity index (χ1v) is 8.15. The Labute approximate surface area is 134 Å². The molecule has 4 nitrogen and oxygen atoms in total. The highest BCUT2D eigenvalue weighted by atomic mass is 19.1. The average Bonchev–Trinajstić information content (AvgIpc) is 2.55. The molecule has 0 bridgehead atoms. The van der Waals surface area contributed by atoms with Gasteiger partial charge in [-0.1, -0.05) is 0 Å². The van der Waals surface area contributed by atoms with Gasteiger partial charge in [-0.2, -0.15) is 0 Å². The van der Waals surface area contributed by atoms with Crippen LogP contribution >= 0.6 is 0 Å². The number of benzene rings is 1. The van der Waals surface area contributed by atoms with Crippen molar-refractivity contribution in [3.63, 3.8) is 0 Å². The van der Waals surface area contributed by atoms with E-state index in [2.05, 4.69) is 0 Å². The van der Waals surface area contributed by atoms with Gasteiger partial charge in [0.15, 0.2) is 11.2 Å². The third kappa shape index (κ3) is 2.76. The lowest BCUT2D eigenvalue weighted by Gasteiger charge is -2.29. The first kappa shape index (κ1) is 15.7. The van der Waals surface area contributed by atoms with Crippen molar-refractivity contribution in [1.82, 2.24) is 4.57 Å². The number of anilines is 1. The number of pyridine rings is 1. The summed E-state index contributed by atoms with van der Waals surface area (Å²) >= 11 is 0. The van der Waals surface area contributed by atoms with E-state index in [9.17, 15) is 14.0 Å². The van der Waals surface area contributed by atoms with Gasteiger partial charge in [-0.05, 0) is 45.2 Å². The van der Waals surface area contributed by atoms with Crippen LogP contribution in [-0.4, -0.2) is 23.4 Å². The van der Waals surface area contributed by atoms with E-state index in [0.29, 0.717) is 17.7 Å². The highest BCUT2D eigenvalue weighted by Gasteiger charge is 2.19. The number of piperidine rings is 1. The van der Waals surface area contributed by atoms with Gasteiger partial charge in [0.1, 0.15) is 5.82 Å². The molecule has 0 aliphatic carbocycles. The molecule has 2 aromatic rings. The number of carbonyl (C=O) groups is 1. The van der Waals surface area contributed by atoms with Crippen LogP contribution in [0.2, 0.25) is 0 Å². The van der Waals surface area contributed by atoms with E-state index in [1.165, 1.54) is 19.4 Å². The maximum atomic E-state index is 14.6. The molecular weight excluding hydrogens is 295 g/mol. The number of hydrogen-bond acceptors (Lipinski definition) is 3. The Morgan fingerprint density at radius 3 is 2.52 bits per heavy atom. The number of fused-ring (bicyclic) bond motifs is 1. The van der Waals surface area contributed by atoms with Crippen LogP contribution < -0.4 is 10.3 Å². The fraction of sp³-hybridized carbons (Fsp3) is 0.444. The van der Waals surface area contributed by atoms with Gasteiger partial charge >= 0.3 is 0 Å². The lowest BCUT2D eigenvalue weighted by atomic mass is 10.1. The van der Waals surface area contributed by atoms with Crippen molar-refractivity contribution in [2.24, 2.45) is 0 Å². The highest BCUT2D eigenvalue weighted by molar-refractivity contribution is 5.97. The van der Waals surface area contributed by atoms with Gasteiger partial charge in [0.2, 0.25) is 0 Å². The third-order valence-corrected chi connectivity index (χ3v) is 4.57. The van der Waals surface area contributed by atoms with Gasteiger partial charge in [0, 0.05) is 31.2 Å². The molecule has 23 heavy (non-hydrogen) atoms. The molecule has 122 valence electrons. The number of carbonyl (C=O) groups excluding carboxylic acids is 1. The van der Waals surface area contributed by atoms with E-state index >= 15 is 0 Å². The minimum atomic E-state index is -0.389. The summed E-state index contributed by atoms with van der Waals surface area (Å²) in [6.07, 6.45) is 4.88. The number of nitrogens with zero attached hydrogens (tertiary/aromatic N) is 2. The zero-order chi connectivity index (χ0) is 16.6. The van der Waals surface area contributed by atoms with Crippen LogP contribution in [0.4, 0.5) is 10.1 Å². The molecule has 0 spiro atoms. The lowest BCUT2D eigenvalue weighted by molar-refractivity contribution is 0.101. The summed E-state index contributed by atoms with van der Waals surface area (Å²) in [6, 6.07) is 3.05. The number of ketones is 1. The van der Waals surface area contributed by atoms with E-state index < -0.39 is 0 Å². The fourth-order valence-corrected chi connectivity index (χ4v) is 3.29. The van der Waals surface area contributed by atoms with Crippen molar-refractivity contribution in [2.75, 3.05) is 18.0 Å². The van der Waals surface area contributed by atoms with Crippen LogP contribution in [0, 0.1) is 5.82 Å². The number of aromatic nitrogens is 1. The zero-order valence-corrected chi connectivity index (χ0v) is 13.6. The number of rotatable bonds is 3. The van der Waals surface area contributed by atoms with Gasteiger partial charge in [-0.3, -0.25) is 9.59 Å². The Morgan fingerprint density at radius 1 is 1.22 bits per heavy atom. The second-order valence-electron chi connectivity index (χ2n) is 6.08. The van der Waals surface area contributed by atoms with Crippen molar-refractivity contribution in [1.29, 1.82) is 0 Å². The van der Waals surface area contributed by atoms with Crippen molar-refractivity contribution < 1.29 is 9.18 Å². The van der Waals surface area contributed by atoms with E-state index in [0.717, 1.165) is 25.9 Å². The van der Waals surface area contributed by atoms with Gasteiger partial charge in [-0.25, -0.2) is 4.39 Å². The molecule has 0 saturated carbocycles. The molecule has 1 aromatic heterocycles. The molecule has 1 aromatic carbocycles. The monoisotopic (exact) mass is 316 g/mol. The van der Waals surface area contributed by atoms with Gasteiger partial charge in [-0.15, -0.1) is 0 Å². The zero-order valence-electron chi connectivity index (χ0n) is 13.6. The highest BCUT2D eigenvalue weighted by Crippen LogP contribution is 2.27. The van der Waals surface area contributed by atoms with Crippen LogP contribution in [0.25, 0.3) is 10.9 Å². The molecule has 3 rings (SSSR count). The molecule has 0 unspecified atom stereocenters. The molecule has 0 amide bonds. The summed E-state index contributed by atoms with van der Waals surface area (Å²) in [4.78, 5) is 26.2. The molecule has 5 heteroatoms.